The molecule has 1 aliphatic heterocycles. The zero-order valence-electron chi connectivity index (χ0n) is 8.23. The molecule has 2 nitrogen and oxygen atoms in total. The summed E-state index contributed by atoms with van der Waals surface area (Å²) in [6.07, 6.45) is 1.79. The first-order valence-corrected chi connectivity index (χ1v) is 4.32. The topological polar surface area (TPSA) is 26.3 Å². The van der Waals surface area contributed by atoms with Gasteiger partial charge in [-0.3, -0.25) is 4.79 Å². The third-order valence-corrected chi connectivity index (χ3v) is 2.70. The summed E-state index contributed by atoms with van der Waals surface area (Å²) in [7, 11) is 0. The lowest BCUT2D eigenvalue weighted by Crippen LogP contribution is -2.38. The first kappa shape index (κ1) is 9.30. The molecule has 0 spiro atoms. The Balaban J connectivity index is 2.84. The highest BCUT2D eigenvalue weighted by atomic mass is 16.5. The van der Waals surface area contributed by atoms with Gasteiger partial charge in [0, 0.05) is 0 Å². The Bertz CT molecular complexity index is 240. The average molecular weight is 168 g/mol. The fraction of sp³-hybridized carbons (Fsp3) is 0.700. The van der Waals surface area contributed by atoms with Gasteiger partial charge in [0.1, 0.15) is 0 Å². The molecule has 12 heavy (non-hydrogen) atoms. The highest BCUT2D eigenvalue weighted by molar-refractivity contribution is 5.84. The zero-order chi connectivity index (χ0) is 9.35. The number of carbonyl (C=O) groups is 1. The van der Waals surface area contributed by atoms with Crippen molar-refractivity contribution in [3.05, 3.63) is 11.3 Å². The van der Waals surface area contributed by atoms with Gasteiger partial charge in [-0.2, -0.15) is 0 Å². The highest BCUT2D eigenvalue weighted by Gasteiger charge is 2.34. The van der Waals surface area contributed by atoms with E-state index in [4.69, 9.17) is 4.74 Å². The molecule has 1 unspecified atom stereocenters. The number of carbonyl (C=O) groups excluding carboxylic acids is 1. The van der Waals surface area contributed by atoms with Crippen LogP contribution in [0, 0.1) is 0 Å². The highest BCUT2D eigenvalue weighted by Crippen LogP contribution is 2.31. The summed E-state index contributed by atoms with van der Waals surface area (Å²) < 4.78 is 5.58. The van der Waals surface area contributed by atoms with Crippen LogP contribution < -0.4 is 0 Å². The molecule has 0 fully saturated rings. The van der Waals surface area contributed by atoms with Crippen LogP contribution in [0.4, 0.5) is 0 Å². The van der Waals surface area contributed by atoms with Gasteiger partial charge in [0.25, 0.3) is 0 Å². The van der Waals surface area contributed by atoms with E-state index in [0.29, 0.717) is 0 Å². The number of ketones is 1. The largest absolute Gasteiger partial charge is 0.485 e. The Morgan fingerprint density at radius 3 is 2.50 bits per heavy atom. The minimum atomic E-state index is -0.566. The molecule has 0 aliphatic carbocycles. The summed E-state index contributed by atoms with van der Waals surface area (Å²) in [5, 5.41) is 0. The summed E-state index contributed by atoms with van der Waals surface area (Å²) in [6, 6.07) is 0. The lowest BCUT2D eigenvalue weighted by atomic mass is 9.90. The Kier molecular flexibility index (Phi) is 2.27. The summed E-state index contributed by atoms with van der Waals surface area (Å²) in [6.45, 7) is 7.43. The molecule has 68 valence electrons. The van der Waals surface area contributed by atoms with Crippen LogP contribution in [0.1, 0.15) is 40.5 Å². The molecule has 0 aromatic heterocycles. The van der Waals surface area contributed by atoms with Gasteiger partial charge in [-0.15, -0.1) is 0 Å². The molecule has 0 saturated heterocycles. The van der Waals surface area contributed by atoms with Crippen LogP contribution in [0.5, 0.6) is 0 Å². The monoisotopic (exact) mass is 168 g/mol. The van der Waals surface area contributed by atoms with Crippen molar-refractivity contribution in [3.63, 3.8) is 0 Å². The molecule has 0 aromatic carbocycles. The van der Waals surface area contributed by atoms with Crippen molar-refractivity contribution in [1.82, 2.24) is 0 Å². The second-order valence-corrected chi connectivity index (χ2v) is 3.73. The quantitative estimate of drug-likeness (QED) is 0.601. The SMILES string of the molecule is CC(=O)C1(C)CCC(C)=C(C)O1. The summed E-state index contributed by atoms with van der Waals surface area (Å²) >= 11 is 0. The third kappa shape index (κ3) is 1.52. The molecule has 0 bridgehead atoms. The lowest BCUT2D eigenvalue weighted by Gasteiger charge is -2.33. The van der Waals surface area contributed by atoms with Gasteiger partial charge < -0.3 is 4.74 Å². The van der Waals surface area contributed by atoms with Crippen molar-refractivity contribution in [2.75, 3.05) is 0 Å². The predicted molar refractivity (Wildman–Crippen MR) is 47.8 cm³/mol. The molecule has 1 aliphatic rings. The lowest BCUT2D eigenvalue weighted by molar-refractivity contribution is -0.137. The molecule has 0 saturated carbocycles. The first-order valence-electron chi connectivity index (χ1n) is 4.32. The van der Waals surface area contributed by atoms with Gasteiger partial charge in [0.05, 0.1) is 5.76 Å². The van der Waals surface area contributed by atoms with Gasteiger partial charge in [-0.1, -0.05) is 0 Å². The van der Waals surface area contributed by atoms with Crippen LogP contribution in [0.2, 0.25) is 0 Å². The van der Waals surface area contributed by atoms with Gasteiger partial charge in [0.2, 0.25) is 0 Å². The summed E-state index contributed by atoms with van der Waals surface area (Å²) in [5.41, 5.74) is 0.692. The fourth-order valence-electron chi connectivity index (χ4n) is 1.33. The van der Waals surface area contributed by atoms with Crippen LogP contribution in [0.25, 0.3) is 0 Å². The van der Waals surface area contributed by atoms with Crippen molar-refractivity contribution >= 4 is 5.78 Å². The second kappa shape index (κ2) is 2.92. The molecule has 0 amide bonds. The van der Waals surface area contributed by atoms with Crippen LogP contribution >= 0.6 is 0 Å². The number of allylic oxidation sites excluding steroid dienone is 2. The molecule has 0 radical (unpaired) electrons. The van der Waals surface area contributed by atoms with E-state index >= 15 is 0 Å². The smallest absolute Gasteiger partial charge is 0.172 e. The van der Waals surface area contributed by atoms with Crippen LogP contribution in [-0.4, -0.2) is 11.4 Å². The van der Waals surface area contributed by atoms with E-state index < -0.39 is 5.60 Å². The van der Waals surface area contributed by atoms with Crippen molar-refractivity contribution < 1.29 is 9.53 Å². The van der Waals surface area contributed by atoms with Gasteiger partial charge >= 0.3 is 0 Å². The minimum Gasteiger partial charge on any atom is -0.485 e. The maximum Gasteiger partial charge on any atom is 0.172 e. The number of ether oxygens (including phenoxy) is 1. The first-order chi connectivity index (χ1) is 5.46. The third-order valence-electron chi connectivity index (χ3n) is 2.70. The minimum absolute atomic E-state index is 0.120. The maximum absolute atomic E-state index is 11.2. The van der Waals surface area contributed by atoms with Crippen LogP contribution in [0.3, 0.4) is 0 Å². The van der Waals surface area contributed by atoms with Crippen molar-refractivity contribution in [1.29, 1.82) is 0 Å². The molecule has 1 atom stereocenters. The van der Waals surface area contributed by atoms with Gasteiger partial charge in [0.15, 0.2) is 11.4 Å². The van der Waals surface area contributed by atoms with Crippen LogP contribution in [-0.2, 0) is 9.53 Å². The van der Waals surface area contributed by atoms with Crippen molar-refractivity contribution in [2.24, 2.45) is 0 Å². The molecule has 1 heterocycles. The van der Waals surface area contributed by atoms with E-state index in [9.17, 15) is 4.79 Å². The van der Waals surface area contributed by atoms with E-state index in [1.807, 2.05) is 13.8 Å². The fourth-order valence-corrected chi connectivity index (χ4v) is 1.33. The number of hydrogen-bond acceptors (Lipinski definition) is 2. The van der Waals surface area contributed by atoms with E-state index in [1.54, 1.807) is 6.92 Å². The molecular weight excluding hydrogens is 152 g/mol. The van der Waals surface area contributed by atoms with Crippen LogP contribution in [0.15, 0.2) is 11.3 Å². The van der Waals surface area contributed by atoms with E-state index in [2.05, 4.69) is 6.92 Å². The Morgan fingerprint density at radius 1 is 1.50 bits per heavy atom. The summed E-state index contributed by atoms with van der Waals surface area (Å²) in [4.78, 5) is 11.2. The second-order valence-electron chi connectivity index (χ2n) is 3.73. The number of rotatable bonds is 1. The molecule has 1 rings (SSSR count). The van der Waals surface area contributed by atoms with Gasteiger partial charge in [-0.25, -0.2) is 0 Å². The van der Waals surface area contributed by atoms with E-state index in [0.717, 1.165) is 18.6 Å². The average Bonchev–Trinajstić information content (AvgIpc) is 1.97. The Labute approximate surface area is 73.6 Å². The number of hydrogen-bond donors (Lipinski definition) is 0. The van der Waals surface area contributed by atoms with E-state index in [1.165, 1.54) is 5.57 Å². The van der Waals surface area contributed by atoms with Gasteiger partial charge in [-0.05, 0) is 46.1 Å². The van der Waals surface area contributed by atoms with Crippen molar-refractivity contribution in [3.8, 4) is 0 Å². The predicted octanol–water partition coefficient (Wildman–Crippen LogP) is 2.44. The standard InChI is InChI=1S/C10H16O2/c1-7-5-6-10(4,9(3)11)12-8(7)2/h5-6H2,1-4H3. The molecular formula is C10H16O2. The van der Waals surface area contributed by atoms with E-state index in [-0.39, 0.29) is 5.78 Å². The zero-order valence-corrected chi connectivity index (χ0v) is 8.23. The number of Topliss-reactive ketones (excluding diaryl/α,β-unsaturated/α-hetero) is 1. The summed E-state index contributed by atoms with van der Waals surface area (Å²) in [5.74, 6) is 1.04. The molecule has 2 heteroatoms. The maximum atomic E-state index is 11.2. The molecule has 0 N–H and O–H groups in total. The Hall–Kier alpha value is -0.790. The Morgan fingerprint density at radius 2 is 2.08 bits per heavy atom. The molecule has 0 aromatic rings. The van der Waals surface area contributed by atoms with Crippen molar-refractivity contribution in [2.45, 2.75) is 46.1 Å². The normalized spacial score (nSPS) is 30.0.